The van der Waals surface area contributed by atoms with Crippen molar-refractivity contribution >= 4 is 27.9 Å². The topological polar surface area (TPSA) is 166 Å². The Morgan fingerprint density at radius 1 is 1.18 bits per heavy atom. The van der Waals surface area contributed by atoms with Crippen LogP contribution in [0.15, 0.2) is 28.1 Å². The largest absolute Gasteiger partial charge is 0.496 e. The molecule has 12 heteroatoms. The van der Waals surface area contributed by atoms with Gasteiger partial charge in [-0.1, -0.05) is 26.2 Å². The highest BCUT2D eigenvalue weighted by atomic mass is 32.2. The number of likely N-dealkylation sites (tertiary alicyclic amines) is 1. The van der Waals surface area contributed by atoms with Gasteiger partial charge in [0.2, 0.25) is 15.9 Å². The zero-order valence-corrected chi connectivity index (χ0v) is 24.8. The van der Waals surface area contributed by atoms with Crippen molar-refractivity contribution < 1.29 is 27.5 Å². The quantitative estimate of drug-likeness (QED) is 0.147. The predicted molar refractivity (Wildman–Crippen MR) is 153 cm³/mol. The van der Waals surface area contributed by atoms with Crippen molar-refractivity contribution in [3.05, 3.63) is 23.8 Å². The van der Waals surface area contributed by atoms with E-state index in [1.54, 1.807) is 26.2 Å². The number of aliphatic imine (C=N–C) groups is 1. The number of nitrogens with two attached hydrogens (primary N) is 2. The molecule has 0 spiro atoms. The summed E-state index contributed by atoms with van der Waals surface area (Å²) >= 11 is 0. The van der Waals surface area contributed by atoms with Crippen LogP contribution in [0.2, 0.25) is 0 Å². The first-order valence-corrected chi connectivity index (χ1v) is 15.8. The number of guanidine groups is 1. The number of ether oxygens (including phenoxy) is 2. The highest BCUT2D eigenvalue weighted by Crippen LogP contribution is 2.38. The highest BCUT2D eigenvalue weighted by molar-refractivity contribution is 7.89. The maximum absolute atomic E-state index is 13.9. The van der Waals surface area contributed by atoms with E-state index in [9.17, 15) is 18.0 Å². The number of carbonyl (C=O) groups excluding carboxylic acids is 2. The van der Waals surface area contributed by atoms with Gasteiger partial charge in [0.05, 0.1) is 18.6 Å². The summed E-state index contributed by atoms with van der Waals surface area (Å²) in [6.45, 7) is 4.51. The Balaban J connectivity index is 1.89. The summed E-state index contributed by atoms with van der Waals surface area (Å²) < 4.78 is 40.8. The third-order valence-corrected chi connectivity index (χ3v) is 9.27. The SMILES string of the molecule is CCOC(=O)C1CC(C)CCN1C(=O)[C@H](CCCN=C(N)N)NS(=O)(=O)c1ccc(OC)c(C2CCCCC2)c1. The molecule has 224 valence electrons. The fraction of sp³-hybridized carbons (Fsp3) is 0.679. The van der Waals surface area contributed by atoms with Gasteiger partial charge in [-0.05, 0) is 81.0 Å². The highest BCUT2D eigenvalue weighted by Gasteiger charge is 2.39. The first kappa shape index (κ1) is 31.7. The Kier molecular flexibility index (Phi) is 11.6. The molecule has 2 fully saturated rings. The van der Waals surface area contributed by atoms with Crippen LogP contribution in [0.5, 0.6) is 5.75 Å². The summed E-state index contributed by atoms with van der Waals surface area (Å²) in [4.78, 5) is 32.1. The fourth-order valence-corrected chi connectivity index (χ4v) is 6.93. The molecular weight excluding hydrogens is 534 g/mol. The number of sulfonamides is 1. The van der Waals surface area contributed by atoms with Gasteiger partial charge in [-0.25, -0.2) is 13.2 Å². The van der Waals surface area contributed by atoms with Crippen molar-refractivity contribution in [2.45, 2.75) is 94.5 Å². The minimum Gasteiger partial charge on any atom is -0.496 e. The van der Waals surface area contributed by atoms with E-state index in [1.165, 1.54) is 17.4 Å². The average molecular weight is 580 g/mol. The Morgan fingerprint density at radius 3 is 2.55 bits per heavy atom. The standard InChI is InChI=1S/C28H45N5O6S/c1-4-39-27(35)24-17-19(2)14-16-33(24)26(34)23(11-8-15-31-28(29)30)32-40(36,37)21-12-13-25(38-3)22(18-21)20-9-6-5-7-10-20/h12-13,18-20,23-24,32H,4-11,14-17H2,1-3H3,(H4,29,30,31)/t19?,23-,24?/m0/s1. The number of esters is 1. The van der Waals surface area contributed by atoms with Gasteiger partial charge in [0, 0.05) is 13.1 Å². The van der Waals surface area contributed by atoms with Crippen LogP contribution in [0.3, 0.4) is 0 Å². The number of benzene rings is 1. The summed E-state index contributed by atoms with van der Waals surface area (Å²) in [6, 6.07) is 2.97. The molecule has 1 saturated heterocycles. The number of carbonyl (C=O) groups is 2. The van der Waals surface area contributed by atoms with Crippen LogP contribution in [0, 0.1) is 5.92 Å². The van der Waals surface area contributed by atoms with E-state index in [0.29, 0.717) is 31.6 Å². The van der Waals surface area contributed by atoms with Gasteiger partial charge in [0.1, 0.15) is 17.8 Å². The van der Waals surface area contributed by atoms with Crippen LogP contribution >= 0.6 is 0 Å². The van der Waals surface area contributed by atoms with E-state index in [-0.39, 0.29) is 42.3 Å². The summed E-state index contributed by atoms with van der Waals surface area (Å²) in [7, 11) is -2.51. The maximum Gasteiger partial charge on any atom is 0.328 e. The number of methoxy groups -OCH3 is 1. The van der Waals surface area contributed by atoms with Crippen LogP contribution in [0.25, 0.3) is 0 Å². The van der Waals surface area contributed by atoms with Crippen molar-refractivity contribution in [3.8, 4) is 5.75 Å². The Morgan fingerprint density at radius 2 is 1.90 bits per heavy atom. The number of nitrogens with zero attached hydrogens (tertiary/aromatic N) is 2. The maximum atomic E-state index is 13.9. The minimum absolute atomic E-state index is 0.0742. The van der Waals surface area contributed by atoms with E-state index >= 15 is 0 Å². The van der Waals surface area contributed by atoms with Crippen molar-refractivity contribution in [1.82, 2.24) is 9.62 Å². The van der Waals surface area contributed by atoms with Crippen LogP contribution < -0.4 is 20.9 Å². The van der Waals surface area contributed by atoms with Crippen molar-refractivity contribution in [3.63, 3.8) is 0 Å². The Labute approximate surface area is 238 Å². The third kappa shape index (κ3) is 8.33. The first-order chi connectivity index (χ1) is 19.1. The molecule has 1 aliphatic carbocycles. The van der Waals surface area contributed by atoms with E-state index < -0.39 is 34.0 Å². The molecule has 3 rings (SSSR count). The summed E-state index contributed by atoms with van der Waals surface area (Å²) in [5, 5.41) is 0. The molecule has 0 bridgehead atoms. The normalized spacial score (nSPS) is 20.9. The van der Waals surface area contributed by atoms with Crippen LogP contribution in [0.4, 0.5) is 0 Å². The minimum atomic E-state index is -4.10. The number of hydrogen-bond donors (Lipinski definition) is 3. The summed E-state index contributed by atoms with van der Waals surface area (Å²) in [6.07, 6.45) is 6.98. The van der Waals surface area contributed by atoms with Gasteiger partial charge in [-0.3, -0.25) is 9.79 Å². The lowest BCUT2D eigenvalue weighted by molar-refractivity contribution is -0.158. The van der Waals surface area contributed by atoms with Gasteiger partial charge in [-0.15, -0.1) is 0 Å². The number of hydrogen-bond acceptors (Lipinski definition) is 7. The molecule has 3 atom stereocenters. The molecule has 0 radical (unpaired) electrons. The van der Waals surface area contributed by atoms with E-state index in [1.807, 2.05) is 6.92 Å². The number of rotatable bonds is 12. The molecular formula is C28H45N5O6S. The zero-order chi connectivity index (χ0) is 29.3. The summed E-state index contributed by atoms with van der Waals surface area (Å²) in [5.41, 5.74) is 11.7. The second-order valence-corrected chi connectivity index (χ2v) is 12.5. The van der Waals surface area contributed by atoms with Gasteiger partial charge in [0.15, 0.2) is 5.96 Å². The molecule has 0 aromatic heterocycles. The molecule has 1 amide bonds. The second-order valence-electron chi connectivity index (χ2n) is 10.8. The fourth-order valence-electron chi connectivity index (χ4n) is 5.67. The average Bonchev–Trinajstić information content (AvgIpc) is 2.94. The molecule has 11 nitrogen and oxygen atoms in total. The lowest BCUT2D eigenvalue weighted by Gasteiger charge is -2.38. The van der Waals surface area contributed by atoms with Crippen molar-refractivity contribution in [2.24, 2.45) is 22.4 Å². The van der Waals surface area contributed by atoms with Crippen molar-refractivity contribution in [2.75, 3.05) is 26.8 Å². The van der Waals surface area contributed by atoms with E-state index in [2.05, 4.69) is 9.71 Å². The van der Waals surface area contributed by atoms with Crippen LogP contribution in [0.1, 0.15) is 83.1 Å². The van der Waals surface area contributed by atoms with Gasteiger partial charge < -0.3 is 25.8 Å². The Bertz CT molecular complexity index is 1150. The molecule has 40 heavy (non-hydrogen) atoms. The molecule has 2 aliphatic rings. The molecule has 1 saturated carbocycles. The Hall–Kier alpha value is -2.86. The smallest absolute Gasteiger partial charge is 0.328 e. The van der Waals surface area contributed by atoms with Crippen LogP contribution in [-0.4, -0.2) is 70.0 Å². The predicted octanol–water partition coefficient (Wildman–Crippen LogP) is 2.63. The van der Waals surface area contributed by atoms with E-state index in [4.69, 9.17) is 20.9 Å². The summed E-state index contributed by atoms with van der Waals surface area (Å²) in [5.74, 6) is 0.0975. The molecule has 1 heterocycles. The van der Waals surface area contributed by atoms with Gasteiger partial charge in [-0.2, -0.15) is 4.72 Å². The zero-order valence-electron chi connectivity index (χ0n) is 23.9. The number of amides is 1. The monoisotopic (exact) mass is 579 g/mol. The lowest BCUT2D eigenvalue weighted by Crippen LogP contribution is -2.56. The van der Waals surface area contributed by atoms with Crippen molar-refractivity contribution in [1.29, 1.82) is 0 Å². The molecule has 1 aromatic rings. The number of piperidine rings is 1. The number of nitrogens with one attached hydrogen (secondary N) is 1. The molecule has 1 aliphatic heterocycles. The second kappa shape index (κ2) is 14.7. The molecule has 1 aromatic carbocycles. The van der Waals surface area contributed by atoms with Crippen LogP contribution in [-0.2, 0) is 24.3 Å². The first-order valence-electron chi connectivity index (χ1n) is 14.3. The molecule has 5 N–H and O–H groups in total. The van der Waals surface area contributed by atoms with E-state index in [0.717, 1.165) is 31.2 Å². The molecule has 2 unspecified atom stereocenters. The van der Waals surface area contributed by atoms with Gasteiger partial charge >= 0.3 is 5.97 Å². The van der Waals surface area contributed by atoms with Gasteiger partial charge in [0.25, 0.3) is 0 Å². The lowest BCUT2D eigenvalue weighted by atomic mass is 9.84. The third-order valence-electron chi connectivity index (χ3n) is 7.80.